The van der Waals surface area contributed by atoms with E-state index in [9.17, 15) is 51.1 Å². The molecule has 5 aliphatic carbocycles. The Balaban J connectivity index is 0.994. The van der Waals surface area contributed by atoms with Crippen LogP contribution >= 0.6 is 0 Å². The zero-order chi connectivity index (χ0) is 43.7. The maximum Gasteiger partial charge on any atom is 0.187 e. The zero-order valence-corrected chi connectivity index (χ0v) is 35.8. The summed E-state index contributed by atoms with van der Waals surface area (Å²) in [5.74, 6) is 1.44. The molecule has 0 aromatic rings. The molecule has 61 heavy (non-hydrogen) atoms. The molecule has 9 rings (SSSR count). The third-order valence-electron chi connectivity index (χ3n) is 17.9. The van der Waals surface area contributed by atoms with Crippen LogP contribution in [0.4, 0.5) is 0 Å². The number of aliphatic hydroxyl groups is 10. The molecule has 27 atom stereocenters. The predicted octanol–water partition coefficient (Wildman–Crippen LogP) is -0.932. The molecule has 4 saturated carbocycles. The smallest absolute Gasteiger partial charge is 0.187 e. The topological polar surface area (TPSA) is 267 Å². The fourth-order valence-corrected chi connectivity index (χ4v) is 14.5. The van der Waals surface area contributed by atoms with Crippen LogP contribution in [0, 0.1) is 52.3 Å². The Labute approximate surface area is 356 Å². The predicted molar refractivity (Wildman–Crippen MR) is 210 cm³/mol. The number of hydrogen-bond acceptors (Lipinski definition) is 17. The van der Waals surface area contributed by atoms with Gasteiger partial charge in [0.1, 0.15) is 61.0 Å². The Morgan fingerprint density at radius 1 is 0.689 bits per heavy atom. The van der Waals surface area contributed by atoms with E-state index in [1.807, 2.05) is 6.92 Å². The molecule has 0 amide bonds. The molecule has 17 nitrogen and oxygen atoms in total. The van der Waals surface area contributed by atoms with Crippen molar-refractivity contribution in [3.63, 3.8) is 0 Å². The van der Waals surface area contributed by atoms with E-state index in [1.165, 1.54) is 6.92 Å². The molecule has 9 aliphatic rings. The minimum Gasteiger partial charge on any atom is -0.393 e. The first-order valence-electron chi connectivity index (χ1n) is 22.8. The van der Waals surface area contributed by atoms with E-state index >= 15 is 0 Å². The number of fused-ring (bicyclic) bond motifs is 7. The lowest BCUT2D eigenvalue weighted by molar-refractivity contribution is -0.382. The van der Waals surface area contributed by atoms with Crippen LogP contribution in [0.3, 0.4) is 0 Å². The van der Waals surface area contributed by atoms with E-state index in [-0.39, 0.29) is 42.8 Å². The molecule has 0 aromatic carbocycles. The van der Waals surface area contributed by atoms with Gasteiger partial charge in [0.05, 0.1) is 49.8 Å². The summed E-state index contributed by atoms with van der Waals surface area (Å²) in [6.45, 7) is 10.0. The third kappa shape index (κ3) is 7.06. The van der Waals surface area contributed by atoms with Crippen LogP contribution in [0.2, 0.25) is 0 Å². The first-order chi connectivity index (χ1) is 28.8. The maximum atomic E-state index is 11.5. The summed E-state index contributed by atoms with van der Waals surface area (Å²) in [4.78, 5) is 0. The van der Waals surface area contributed by atoms with Gasteiger partial charge in [0.15, 0.2) is 18.9 Å². The second kappa shape index (κ2) is 16.4. The van der Waals surface area contributed by atoms with Crippen molar-refractivity contribution in [3.05, 3.63) is 11.6 Å². The zero-order valence-electron chi connectivity index (χ0n) is 35.8. The minimum atomic E-state index is -1.73. The Morgan fingerprint density at radius 3 is 2.13 bits per heavy atom. The van der Waals surface area contributed by atoms with Crippen molar-refractivity contribution < 1.29 is 84.2 Å². The molecule has 4 aliphatic heterocycles. The van der Waals surface area contributed by atoms with E-state index in [0.717, 1.165) is 37.7 Å². The monoisotopic (exact) mass is 870 g/mol. The van der Waals surface area contributed by atoms with Crippen LogP contribution in [-0.4, -0.2) is 181 Å². The van der Waals surface area contributed by atoms with Crippen LogP contribution in [0.15, 0.2) is 11.6 Å². The molecule has 27 unspecified atom stereocenters. The molecule has 348 valence electrons. The molecule has 4 heterocycles. The van der Waals surface area contributed by atoms with E-state index < -0.39 is 115 Å². The van der Waals surface area contributed by atoms with Gasteiger partial charge in [0, 0.05) is 17.8 Å². The largest absolute Gasteiger partial charge is 0.393 e. The molecule has 1 spiro atoms. The molecule has 8 fully saturated rings. The second-order valence-corrected chi connectivity index (χ2v) is 21.0. The summed E-state index contributed by atoms with van der Waals surface area (Å²) in [6, 6.07) is 0. The quantitative estimate of drug-likeness (QED) is 0.145. The number of rotatable bonds is 6. The standard InChI is InChI=1S/C44H70O17/c1-17-14-57-44(38(54)30(17)48)13-20-10-25-23-7-6-21-11-22(45)12-28(43(21,5)24(23)8-9-42(25,4)29(20)18(44)2)59-41-37(61-40-35(53)33(51)31(49)19(3)58-40)36(27(47)16-56-41)60-39-34(52)32(50)26(46)15-55-39/h6,17-20,22-41,45-54H,7-16H2,1-5H3. The summed E-state index contributed by atoms with van der Waals surface area (Å²) in [5.41, 5.74) is -0.232. The number of allylic oxidation sites excluding steroid dienone is 1. The SMILES string of the molecule is CC1COC2(CC3CC4C5CC=C6CC(O)CC(OC7OCC(O)C(OC8OCC(O)C(O)C8O)C7OC7OC(C)C(O)C(O)C7O)C6(C)C5CCC4(C)C3C2C)C(O)C1O. The first-order valence-corrected chi connectivity index (χ1v) is 22.8. The third-order valence-corrected chi connectivity index (χ3v) is 17.9. The summed E-state index contributed by atoms with van der Waals surface area (Å²) in [5, 5.41) is 109. The van der Waals surface area contributed by atoms with Crippen molar-refractivity contribution in [1.82, 2.24) is 0 Å². The van der Waals surface area contributed by atoms with Gasteiger partial charge >= 0.3 is 0 Å². The van der Waals surface area contributed by atoms with Gasteiger partial charge in [-0.25, -0.2) is 0 Å². The van der Waals surface area contributed by atoms with E-state index in [0.29, 0.717) is 36.7 Å². The highest BCUT2D eigenvalue weighted by molar-refractivity contribution is 5.29. The van der Waals surface area contributed by atoms with Gasteiger partial charge in [0.2, 0.25) is 0 Å². The Hall–Kier alpha value is -0.940. The van der Waals surface area contributed by atoms with Gasteiger partial charge in [0.25, 0.3) is 0 Å². The van der Waals surface area contributed by atoms with Crippen molar-refractivity contribution in [1.29, 1.82) is 0 Å². The summed E-state index contributed by atoms with van der Waals surface area (Å²) in [6.07, 6.45) is -14.7. The highest BCUT2D eigenvalue weighted by Crippen LogP contribution is 2.73. The molecule has 0 radical (unpaired) electrons. The van der Waals surface area contributed by atoms with Crippen molar-refractivity contribution in [2.75, 3.05) is 19.8 Å². The van der Waals surface area contributed by atoms with E-state index in [4.69, 9.17) is 33.2 Å². The van der Waals surface area contributed by atoms with Crippen molar-refractivity contribution in [3.8, 4) is 0 Å². The van der Waals surface area contributed by atoms with Gasteiger partial charge < -0.3 is 84.2 Å². The summed E-state index contributed by atoms with van der Waals surface area (Å²) >= 11 is 0. The maximum absolute atomic E-state index is 11.5. The molecule has 10 N–H and O–H groups in total. The van der Waals surface area contributed by atoms with Crippen LogP contribution < -0.4 is 0 Å². The van der Waals surface area contributed by atoms with E-state index in [1.54, 1.807) is 0 Å². The lowest BCUT2D eigenvalue weighted by Gasteiger charge is -2.61. The fraction of sp³-hybridized carbons (Fsp3) is 0.955. The highest BCUT2D eigenvalue weighted by Gasteiger charge is 2.70. The number of hydrogen-bond donors (Lipinski definition) is 10. The van der Waals surface area contributed by atoms with Crippen molar-refractivity contribution >= 4 is 0 Å². The lowest BCUT2D eigenvalue weighted by Crippen LogP contribution is -2.65. The molecular weight excluding hydrogens is 800 g/mol. The summed E-state index contributed by atoms with van der Waals surface area (Å²) in [7, 11) is 0. The van der Waals surface area contributed by atoms with Gasteiger partial charge in [-0.15, -0.1) is 0 Å². The van der Waals surface area contributed by atoms with Crippen LogP contribution in [-0.2, 0) is 33.2 Å². The second-order valence-electron chi connectivity index (χ2n) is 21.0. The van der Waals surface area contributed by atoms with E-state index in [2.05, 4.69) is 26.8 Å². The van der Waals surface area contributed by atoms with Gasteiger partial charge in [-0.2, -0.15) is 0 Å². The van der Waals surface area contributed by atoms with Crippen LogP contribution in [0.25, 0.3) is 0 Å². The Bertz CT molecular complexity index is 1620. The average molecular weight is 871 g/mol. The Kier molecular flexibility index (Phi) is 12.2. The molecule has 4 saturated heterocycles. The van der Waals surface area contributed by atoms with Crippen molar-refractivity contribution in [2.24, 2.45) is 52.3 Å². The number of ether oxygens (including phenoxy) is 7. The molecule has 0 aromatic heterocycles. The van der Waals surface area contributed by atoms with Gasteiger partial charge in [-0.1, -0.05) is 39.3 Å². The summed E-state index contributed by atoms with van der Waals surface area (Å²) < 4.78 is 43.6. The van der Waals surface area contributed by atoms with Crippen molar-refractivity contribution in [2.45, 2.75) is 189 Å². The fourth-order valence-electron chi connectivity index (χ4n) is 14.5. The Morgan fingerprint density at radius 2 is 1.38 bits per heavy atom. The highest BCUT2D eigenvalue weighted by atomic mass is 16.8. The molecular formula is C44H70O17. The first kappa shape index (κ1) is 45.2. The molecule has 17 heteroatoms. The van der Waals surface area contributed by atoms with Gasteiger partial charge in [-0.05, 0) is 86.4 Å². The molecule has 0 bridgehead atoms. The minimum absolute atomic E-state index is 0.0182. The normalized spacial score (nSPS) is 59.6. The average Bonchev–Trinajstić information content (AvgIpc) is 3.68. The lowest BCUT2D eigenvalue weighted by atomic mass is 9.46. The van der Waals surface area contributed by atoms with Gasteiger partial charge in [-0.3, -0.25) is 0 Å². The van der Waals surface area contributed by atoms with Crippen LogP contribution in [0.1, 0.15) is 79.6 Å². The van der Waals surface area contributed by atoms with Crippen LogP contribution in [0.5, 0.6) is 0 Å². The number of aliphatic hydroxyl groups excluding tert-OH is 10.